The fraction of sp³-hybridized carbons (Fsp3) is 0.273. The molecular formula is C22H23ClN4O3. The van der Waals surface area contributed by atoms with Gasteiger partial charge in [0.1, 0.15) is 11.7 Å². The number of nitrogens with zero attached hydrogens (tertiary/aromatic N) is 1. The molecule has 1 heterocycles. The van der Waals surface area contributed by atoms with Crippen molar-refractivity contribution in [1.82, 2.24) is 15.2 Å². The van der Waals surface area contributed by atoms with Gasteiger partial charge in [0.25, 0.3) is 5.91 Å². The molecule has 0 aliphatic heterocycles. The Morgan fingerprint density at radius 2 is 2.07 bits per heavy atom. The van der Waals surface area contributed by atoms with Crippen LogP contribution in [0.3, 0.4) is 0 Å². The SMILES string of the molecule is CN(C(=O)C(N)CO)[C@@H]1c2ccccc2C[C@H]1NC(=O)c1cc2cc(Cl)ccc2[nH]1. The summed E-state index contributed by atoms with van der Waals surface area (Å²) in [5.41, 5.74) is 9.02. The topological polar surface area (TPSA) is 111 Å². The van der Waals surface area contributed by atoms with Crippen molar-refractivity contribution in [3.05, 3.63) is 70.4 Å². The molecule has 7 nitrogen and oxygen atoms in total. The minimum absolute atomic E-state index is 0.266. The van der Waals surface area contributed by atoms with E-state index in [9.17, 15) is 14.7 Å². The maximum Gasteiger partial charge on any atom is 0.268 e. The molecule has 1 unspecified atom stereocenters. The van der Waals surface area contributed by atoms with Gasteiger partial charge in [-0.2, -0.15) is 0 Å². The molecule has 0 saturated heterocycles. The second-order valence-electron chi connectivity index (χ2n) is 7.58. The molecule has 0 bridgehead atoms. The van der Waals surface area contributed by atoms with Crippen molar-refractivity contribution in [3.63, 3.8) is 0 Å². The Hall–Kier alpha value is -2.87. The second-order valence-corrected chi connectivity index (χ2v) is 8.02. The second kappa shape index (κ2) is 8.10. The average Bonchev–Trinajstić information content (AvgIpc) is 3.32. The average molecular weight is 427 g/mol. The van der Waals surface area contributed by atoms with E-state index in [1.54, 1.807) is 25.2 Å². The Bertz CT molecular complexity index is 1110. The highest BCUT2D eigenvalue weighted by atomic mass is 35.5. The number of H-pyrrole nitrogens is 1. The minimum atomic E-state index is -1.00. The largest absolute Gasteiger partial charge is 0.394 e. The fourth-order valence-electron chi connectivity index (χ4n) is 4.13. The van der Waals surface area contributed by atoms with Gasteiger partial charge in [0.15, 0.2) is 0 Å². The lowest BCUT2D eigenvalue weighted by Crippen LogP contribution is -2.50. The van der Waals surface area contributed by atoms with Gasteiger partial charge in [-0.05, 0) is 41.8 Å². The first-order valence-electron chi connectivity index (χ1n) is 9.69. The molecule has 3 aromatic rings. The molecule has 30 heavy (non-hydrogen) atoms. The predicted molar refractivity (Wildman–Crippen MR) is 115 cm³/mol. The summed E-state index contributed by atoms with van der Waals surface area (Å²) >= 11 is 6.04. The lowest BCUT2D eigenvalue weighted by Gasteiger charge is -2.32. The highest BCUT2D eigenvalue weighted by molar-refractivity contribution is 6.31. The summed E-state index contributed by atoms with van der Waals surface area (Å²) in [6.07, 6.45) is 0.588. The van der Waals surface area contributed by atoms with Gasteiger partial charge in [-0.3, -0.25) is 9.59 Å². The molecule has 2 aromatic carbocycles. The van der Waals surface area contributed by atoms with Crippen LogP contribution in [0.25, 0.3) is 10.9 Å². The Morgan fingerprint density at radius 1 is 1.30 bits per heavy atom. The summed E-state index contributed by atoms with van der Waals surface area (Å²) in [5.74, 6) is -0.642. The third-order valence-corrected chi connectivity index (χ3v) is 5.85. The van der Waals surface area contributed by atoms with Crippen molar-refractivity contribution in [2.24, 2.45) is 5.73 Å². The van der Waals surface area contributed by atoms with Gasteiger partial charge in [0.2, 0.25) is 5.91 Å². The van der Waals surface area contributed by atoms with Crippen molar-refractivity contribution in [2.75, 3.05) is 13.7 Å². The van der Waals surface area contributed by atoms with E-state index >= 15 is 0 Å². The number of nitrogens with two attached hydrogens (primary N) is 1. The van der Waals surface area contributed by atoms with E-state index < -0.39 is 12.6 Å². The number of aliphatic hydroxyl groups excluding tert-OH is 1. The van der Waals surface area contributed by atoms with Crippen molar-refractivity contribution >= 4 is 34.3 Å². The number of aromatic nitrogens is 1. The number of carbonyl (C=O) groups is 2. The van der Waals surface area contributed by atoms with E-state index in [1.165, 1.54) is 4.90 Å². The number of amides is 2. The minimum Gasteiger partial charge on any atom is -0.394 e. The van der Waals surface area contributed by atoms with Crippen LogP contribution in [0.15, 0.2) is 48.5 Å². The first-order chi connectivity index (χ1) is 14.4. The van der Waals surface area contributed by atoms with Crippen LogP contribution in [0.4, 0.5) is 0 Å². The highest BCUT2D eigenvalue weighted by Gasteiger charge is 2.39. The van der Waals surface area contributed by atoms with Crippen LogP contribution >= 0.6 is 11.6 Å². The van der Waals surface area contributed by atoms with Gasteiger partial charge >= 0.3 is 0 Å². The van der Waals surface area contributed by atoms with Crippen LogP contribution in [0.2, 0.25) is 5.02 Å². The van der Waals surface area contributed by atoms with Gasteiger partial charge < -0.3 is 26.0 Å². The standard InChI is InChI=1S/C22H23ClN4O3/c1-27(22(30)16(24)11-28)20-15-5-3-2-4-12(15)9-18(20)26-21(29)19-10-13-8-14(23)6-7-17(13)25-19/h2-8,10,16,18,20,25,28H,9,11,24H2,1H3,(H,26,29)/t16?,18-,20-/m1/s1. The number of fused-ring (bicyclic) bond motifs is 2. The quantitative estimate of drug-likeness (QED) is 0.500. The number of likely N-dealkylation sites (N-methyl/N-ethyl adjacent to an activating group) is 1. The van der Waals surface area contributed by atoms with Crippen LogP contribution in [0.5, 0.6) is 0 Å². The van der Waals surface area contributed by atoms with E-state index in [4.69, 9.17) is 17.3 Å². The number of carbonyl (C=O) groups excluding carboxylic acids is 2. The molecule has 1 aromatic heterocycles. The number of aromatic amines is 1. The summed E-state index contributed by atoms with van der Waals surface area (Å²) in [6, 6.07) is 13.2. The highest BCUT2D eigenvalue weighted by Crippen LogP contribution is 2.36. The first kappa shape index (κ1) is 20.4. The fourth-order valence-corrected chi connectivity index (χ4v) is 4.31. The molecule has 1 aliphatic carbocycles. The van der Waals surface area contributed by atoms with E-state index in [-0.39, 0.29) is 23.9 Å². The van der Waals surface area contributed by atoms with Crippen molar-refractivity contribution < 1.29 is 14.7 Å². The van der Waals surface area contributed by atoms with E-state index in [0.29, 0.717) is 17.1 Å². The molecule has 156 valence electrons. The smallest absolute Gasteiger partial charge is 0.268 e. The molecule has 2 amide bonds. The first-order valence-corrected chi connectivity index (χ1v) is 10.1. The number of aliphatic hydroxyl groups is 1. The zero-order valence-electron chi connectivity index (χ0n) is 16.4. The summed E-state index contributed by atoms with van der Waals surface area (Å²) in [7, 11) is 1.65. The number of hydrogen-bond donors (Lipinski definition) is 4. The molecule has 0 saturated carbocycles. The van der Waals surface area contributed by atoms with E-state index in [2.05, 4.69) is 10.3 Å². The van der Waals surface area contributed by atoms with Crippen molar-refractivity contribution in [1.29, 1.82) is 0 Å². The molecule has 3 atom stereocenters. The Kier molecular flexibility index (Phi) is 5.51. The monoisotopic (exact) mass is 426 g/mol. The van der Waals surface area contributed by atoms with Gasteiger partial charge in [-0.15, -0.1) is 0 Å². The molecule has 0 spiro atoms. The lowest BCUT2D eigenvalue weighted by molar-refractivity contribution is -0.134. The van der Waals surface area contributed by atoms with Crippen molar-refractivity contribution in [3.8, 4) is 0 Å². The lowest BCUT2D eigenvalue weighted by atomic mass is 10.0. The molecule has 5 N–H and O–H groups in total. The number of benzene rings is 2. The Labute approximate surface area is 178 Å². The normalized spacial score (nSPS) is 18.8. The van der Waals surface area contributed by atoms with Crippen LogP contribution < -0.4 is 11.1 Å². The summed E-state index contributed by atoms with van der Waals surface area (Å²) in [4.78, 5) is 30.2. The molecule has 4 rings (SSSR count). The van der Waals surface area contributed by atoms with Gasteiger partial charge in [0.05, 0.1) is 18.7 Å². The van der Waals surface area contributed by atoms with Gasteiger partial charge in [-0.25, -0.2) is 0 Å². The third-order valence-electron chi connectivity index (χ3n) is 5.62. The van der Waals surface area contributed by atoms with Crippen LogP contribution in [0, 0.1) is 0 Å². The summed E-state index contributed by atoms with van der Waals surface area (Å²) in [5, 5.41) is 13.8. The maximum absolute atomic E-state index is 13.0. The Balaban J connectivity index is 1.61. The molecule has 0 fully saturated rings. The molecule has 8 heteroatoms. The number of halogens is 1. The maximum atomic E-state index is 13.0. The van der Waals surface area contributed by atoms with Crippen molar-refractivity contribution in [2.45, 2.75) is 24.5 Å². The molecule has 1 aliphatic rings. The van der Waals surface area contributed by atoms with E-state index in [1.807, 2.05) is 30.3 Å². The summed E-state index contributed by atoms with van der Waals surface area (Å²) in [6.45, 7) is -0.438. The van der Waals surface area contributed by atoms with E-state index in [0.717, 1.165) is 22.0 Å². The number of hydrogen-bond acceptors (Lipinski definition) is 4. The molecule has 0 radical (unpaired) electrons. The Morgan fingerprint density at radius 3 is 2.83 bits per heavy atom. The summed E-state index contributed by atoms with van der Waals surface area (Å²) < 4.78 is 0. The predicted octanol–water partition coefficient (Wildman–Crippen LogP) is 2.00. The third kappa shape index (κ3) is 3.67. The van der Waals surface area contributed by atoms with Crippen LogP contribution in [-0.2, 0) is 11.2 Å². The van der Waals surface area contributed by atoms with Gasteiger partial charge in [0, 0.05) is 23.0 Å². The van der Waals surface area contributed by atoms with Crippen LogP contribution in [0.1, 0.15) is 27.7 Å². The zero-order chi connectivity index (χ0) is 21.4. The van der Waals surface area contributed by atoms with Crippen LogP contribution in [-0.4, -0.2) is 52.5 Å². The zero-order valence-corrected chi connectivity index (χ0v) is 17.2. The number of nitrogens with one attached hydrogen (secondary N) is 2. The number of rotatable bonds is 5. The molecular weight excluding hydrogens is 404 g/mol. The van der Waals surface area contributed by atoms with Gasteiger partial charge in [-0.1, -0.05) is 35.9 Å².